The molecule has 2 rings (SSSR count). The lowest BCUT2D eigenvalue weighted by atomic mass is 10.3. The number of halogens is 3. The molecule has 80 valence electrons. The van der Waals surface area contributed by atoms with Crippen LogP contribution in [0.4, 0.5) is 8.78 Å². The summed E-state index contributed by atoms with van der Waals surface area (Å²) in [5, 5.41) is 0.281. The number of nitrogens with zero attached hydrogens (tertiary/aromatic N) is 3. The number of aryl methyl sites for hydroxylation is 2. The van der Waals surface area contributed by atoms with Crippen LogP contribution < -0.4 is 0 Å². The van der Waals surface area contributed by atoms with Gasteiger partial charge in [-0.3, -0.25) is 0 Å². The molecule has 2 heterocycles. The van der Waals surface area contributed by atoms with E-state index in [4.69, 9.17) is 11.6 Å². The Labute approximate surface area is 89.7 Å². The zero-order valence-corrected chi connectivity index (χ0v) is 8.89. The summed E-state index contributed by atoms with van der Waals surface area (Å²) < 4.78 is 26.4. The number of alkyl halides is 2. The third-order valence-electron chi connectivity index (χ3n) is 2.22. The maximum atomic E-state index is 12.6. The minimum atomic E-state index is -2.61. The first-order chi connectivity index (χ1) is 7.00. The minimum Gasteiger partial charge on any atom is -0.311 e. The molecule has 0 amide bonds. The predicted molar refractivity (Wildman–Crippen MR) is 53.2 cm³/mol. The first kappa shape index (κ1) is 10.3. The van der Waals surface area contributed by atoms with Gasteiger partial charge in [0.25, 0.3) is 6.43 Å². The first-order valence-electron chi connectivity index (χ1n) is 4.28. The van der Waals surface area contributed by atoms with Gasteiger partial charge in [0.1, 0.15) is 10.7 Å². The van der Waals surface area contributed by atoms with E-state index in [1.807, 2.05) is 0 Å². The Kier molecular flexibility index (Phi) is 2.34. The van der Waals surface area contributed by atoms with Crippen molar-refractivity contribution in [3.63, 3.8) is 0 Å². The second-order valence-corrected chi connectivity index (χ2v) is 3.65. The second-order valence-electron chi connectivity index (χ2n) is 3.26. The highest BCUT2D eigenvalue weighted by atomic mass is 35.5. The van der Waals surface area contributed by atoms with Gasteiger partial charge in [-0.05, 0) is 18.6 Å². The Morgan fingerprint density at radius 2 is 2.07 bits per heavy atom. The standard InChI is InChI=1S/C9H8ClF2N3/c1-4-3-5(10)13-8-6(4)14-9(7(11)12)15(8)2/h3,7H,1-2H3. The number of hydrogen-bond donors (Lipinski definition) is 0. The summed E-state index contributed by atoms with van der Waals surface area (Å²) in [5.41, 5.74) is 1.60. The van der Waals surface area contributed by atoms with Crippen molar-refractivity contribution >= 4 is 22.8 Å². The fraction of sp³-hybridized carbons (Fsp3) is 0.333. The van der Waals surface area contributed by atoms with Gasteiger partial charge >= 0.3 is 0 Å². The molecule has 0 N–H and O–H groups in total. The Morgan fingerprint density at radius 3 is 2.67 bits per heavy atom. The maximum Gasteiger partial charge on any atom is 0.295 e. The van der Waals surface area contributed by atoms with Gasteiger partial charge in [-0.15, -0.1) is 0 Å². The molecule has 0 saturated carbocycles. The van der Waals surface area contributed by atoms with E-state index in [-0.39, 0.29) is 11.0 Å². The van der Waals surface area contributed by atoms with E-state index in [0.717, 1.165) is 5.56 Å². The lowest BCUT2D eigenvalue weighted by Crippen LogP contribution is -1.98. The number of aromatic nitrogens is 3. The van der Waals surface area contributed by atoms with Crippen LogP contribution in [0.3, 0.4) is 0 Å². The number of imidazole rings is 1. The number of hydrogen-bond acceptors (Lipinski definition) is 2. The highest BCUT2D eigenvalue weighted by Crippen LogP contribution is 2.25. The van der Waals surface area contributed by atoms with Crippen LogP contribution in [0.5, 0.6) is 0 Å². The average Bonchev–Trinajstić information content (AvgIpc) is 2.44. The predicted octanol–water partition coefficient (Wildman–Crippen LogP) is 2.87. The zero-order chi connectivity index (χ0) is 11.2. The van der Waals surface area contributed by atoms with Crippen molar-refractivity contribution in [3.05, 3.63) is 22.6 Å². The summed E-state index contributed by atoms with van der Waals surface area (Å²) in [7, 11) is 1.50. The van der Waals surface area contributed by atoms with E-state index in [2.05, 4.69) is 9.97 Å². The summed E-state index contributed by atoms with van der Waals surface area (Å²) in [6, 6.07) is 1.60. The molecule has 0 aliphatic carbocycles. The summed E-state index contributed by atoms with van der Waals surface area (Å²) in [4.78, 5) is 7.82. The molecular weight excluding hydrogens is 224 g/mol. The molecule has 2 aromatic heterocycles. The molecule has 6 heteroatoms. The van der Waals surface area contributed by atoms with Gasteiger partial charge in [0, 0.05) is 7.05 Å². The van der Waals surface area contributed by atoms with E-state index in [1.165, 1.54) is 11.6 Å². The van der Waals surface area contributed by atoms with Crippen molar-refractivity contribution in [1.82, 2.24) is 14.5 Å². The van der Waals surface area contributed by atoms with Crippen molar-refractivity contribution in [3.8, 4) is 0 Å². The highest BCUT2D eigenvalue weighted by Gasteiger charge is 2.18. The quantitative estimate of drug-likeness (QED) is 0.707. The molecule has 0 radical (unpaired) electrons. The van der Waals surface area contributed by atoms with Crippen LogP contribution >= 0.6 is 11.6 Å². The lowest BCUT2D eigenvalue weighted by Gasteiger charge is -1.99. The Balaban J connectivity index is 2.82. The summed E-state index contributed by atoms with van der Waals surface area (Å²) in [6.07, 6.45) is -2.61. The fourth-order valence-electron chi connectivity index (χ4n) is 1.48. The third-order valence-corrected chi connectivity index (χ3v) is 2.41. The van der Waals surface area contributed by atoms with Gasteiger partial charge < -0.3 is 4.57 Å². The van der Waals surface area contributed by atoms with E-state index in [0.29, 0.717) is 11.2 Å². The number of fused-ring (bicyclic) bond motifs is 1. The van der Waals surface area contributed by atoms with Crippen LogP contribution in [-0.4, -0.2) is 14.5 Å². The molecular formula is C9H8ClF2N3. The fourth-order valence-corrected chi connectivity index (χ4v) is 1.72. The average molecular weight is 232 g/mol. The van der Waals surface area contributed by atoms with Gasteiger partial charge in [0.2, 0.25) is 0 Å². The molecule has 2 aromatic rings. The van der Waals surface area contributed by atoms with Crippen molar-refractivity contribution in [1.29, 1.82) is 0 Å². The summed E-state index contributed by atoms with van der Waals surface area (Å²) in [5.74, 6) is -0.289. The molecule has 3 nitrogen and oxygen atoms in total. The second kappa shape index (κ2) is 3.41. The molecule has 0 atom stereocenters. The van der Waals surface area contributed by atoms with E-state index < -0.39 is 6.43 Å². The number of rotatable bonds is 1. The first-order valence-corrected chi connectivity index (χ1v) is 4.66. The molecule has 0 bridgehead atoms. The van der Waals surface area contributed by atoms with Crippen LogP contribution in [0.15, 0.2) is 6.07 Å². The molecule has 0 aliphatic rings. The maximum absolute atomic E-state index is 12.6. The Bertz CT molecular complexity index is 522. The van der Waals surface area contributed by atoms with Crippen LogP contribution in [0, 0.1) is 6.92 Å². The molecule has 0 saturated heterocycles. The van der Waals surface area contributed by atoms with Crippen molar-refractivity contribution in [2.75, 3.05) is 0 Å². The lowest BCUT2D eigenvalue weighted by molar-refractivity contribution is 0.137. The van der Waals surface area contributed by atoms with Crippen molar-refractivity contribution in [2.24, 2.45) is 7.05 Å². The van der Waals surface area contributed by atoms with E-state index in [9.17, 15) is 8.78 Å². The Morgan fingerprint density at radius 1 is 1.40 bits per heavy atom. The molecule has 0 aromatic carbocycles. The van der Waals surface area contributed by atoms with Gasteiger partial charge in [0.15, 0.2) is 11.5 Å². The van der Waals surface area contributed by atoms with Crippen LogP contribution in [0.1, 0.15) is 17.8 Å². The molecule has 0 aliphatic heterocycles. The van der Waals surface area contributed by atoms with Crippen LogP contribution in [0.25, 0.3) is 11.2 Å². The summed E-state index contributed by atoms with van der Waals surface area (Å²) in [6.45, 7) is 1.76. The monoisotopic (exact) mass is 231 g/mol. The SMILES string of the molecule is Cc1cc(Cl)nc2c1nc(C(F)F)n2C. The van der Waals surface area contributed by atoms with Crippen LogP contribution in [-0.2, 0) is 7.05 Å². The molecule has 0 fully saturated rings. The van der Waals surface area contributed by atoms with Gasteiger partial charge in [-0.1, -0.05) is 11.6 Å². The van der Waals surface area contributed by atoms with Crippen LogP contribution in [0.2, 0.25) is 5.15 Å². The van der Waals surface area contributed by atoms with Gasteiger partial charge in [-0.25, -0.2) is 18.7 Å². The van der Waals surface area contributed by atoms with Gasteiger partial charge in [-0.2, -0.15) is 0 Å². The van der Waals surface area contributed by atoms with E-state index >= 15 is 0 Å². The minimum absolute atomic E-state index is 0.281. The molecule has 0 unspecified atom stereocenters. The normalized spacial score (nSPS) is 11.6. The Hall–Kier alpha value is -1.23. The third kappa shape index (κ3) is 1.56. The smallest absolute Gasteiger partial charge is 0.295 e. The molecule has 15 heavy (non-hydrogen) atoms. The number of pyridine rings is 1. The molecule has 0 spiro atoms. The van der Waals surface area contributed by atoms with Gasteiger partial charge in [0.05, 0.1) is 0 Å². The topological polar surface area (TPSA) is 30.7 Å². The van der Waals surface area contributed by atoms with E-state index in [1.54, 1.807) is 13.0 Å². The zero-order valence-electron chi connectivity index (χ0n) is 8.13. The van der Waals surface area contributed by atoms with Crippen molar-refractivity contribution < 1.29 is 8.78 Å². The van der Waals surface area contributed by atoms with Crippen molar-refractivity contribution in [2.45, 2.75) is 13.3 Å². The highest BCUT2D eigenvalue weighted by molar-refractivity contribution is 6.29. The summed E-state index contributed by atoms with van der Waals surface area (Å²) >= 11 is 5.75. The largest absolute Gasteiger partial charge is 0.311 e.